The Morgan fingerprint density at radius 2 is 1.67 bits per heavy atom. The molecule has 0 fully saturated rings. The van der Waals surface area contributed by atoms with Crippen molar-refractivity contribution in [2.45, 2.75) is 33.1 Å². The third-order valence-electron chi connectivity index (χ3n) is 4.76. The molecular formula is C18H25N3. The highest BCUT2D eigenvalue weighted by atomic mass is 15.2. The van der Waals surface area contributed by atoms with Crippen LogP contribution in [-0.2, 0) is 5.41 Å². The second kappa shape index (κ2) is 5.84. The molecule has 0 spiro atoms. The normalized spacial score (nSPS) is 12.2. The highest BCUT2D eigenvalue weighted by Crippen LogP contribution is 2.41. The molecule has 0 aliphatic rings. The fraction of sp³-hybridized carbons (Fsp3) is 0.444. The summed E-state index contributed by atoms with van der Waals surface area (Å²) in [6.45, 7) is 10.2. The lowest BCUT2D eigenvalue weighted by Crippen LogP contribution is -2.45. The molecule has 21 heavy (non-hydrogen) atoms. The quantitative estimate of drug-likeness (QED) is 0.833. The molecule has 0 saturated carbocycles. The lowest BCUT2D eigenvalue weighted by Gasteiger charge is -2.44. The summed E-state index contributed by atoms with van der Waals surface area (Å²) in [6, 6.07) is 10.7. The van der Waals surface area contributed by atoms with E-state index in [0.717, 1.165) is 12.4 Å². The topological polar surface area (TPSA) is 29.0 Å². The first-order valence-electron chi connectivity index (χ1n) is 7.37. The zero-order chi connectivity index (χ0) is 15.5. The van der Waals surface area contributed by atoms with Crippen LogP contribution in [0.2, 0.25) is 0 Å². The average molecular weight is 283 g/mol. The van der Waals surface area contributed by atoms with Crippen molar-refractivity contribution in [3.63, 3.8) is 0 Å². The van der Waals surface area contributed by atoms with Crippen molar-refractivity contribution in [3.05, 3.63) is 54.5 Å². The summed E-state index contributed by atoms with van der Waals surface area (Å²) in [5.74, 6) is 0.912. The Labute approximate surface area is 128 Å². The van der Waals surface area contributed by atoms with Gasteiger partial charge in [0.2, 0.25) is 0 Å². The van der Waals surface area contributed by atoms with Crippen molar-refractivity contribution in [1.29, 1.82) is 0 Å². The smallest absolute Gasteiger partial charge is 0.146 e. The number of hydrogen-bond acceptors (Lipinski definition) is 3. The molecule has 0 unspecified atom stereocenters. The molecule has 0 N–H and O–H groups in total. The van der Waals surface area contributed by atoms with Crippen LogP contribution in [0.4, 0.5) is 5.82 Å². The maximum Gasteiger partial charge on any atom is 0.146 e. The monoisotopic (exact) mass is 283 g/mol. The van der Waals surface area contributed by atoms with Crippen LogP contribution in [0.1, 0.15) is 33.3 Å². The minimum absolute atomic E-state index is 0.0602. The lowest BCUT2D eigenvalue weighted by molar-refractivity contribution is 0.204. The van der Waals surface area contributed by atoms with Crippen molar-refractivity contribution < 1.29 is 0 Å². The second-order valence-corrected chi connectivity index (χ2v) is 6.79. The van der Waals surface area contributed by atoms with Gasteiger partial charge in [0, 0.05) is 26.0 Å². The molecular weight excluding hydrogens is 258 g/mol. The molecule has 0 saturated heterocycles. The molecule has 1 aromatic carbocycles. The van der Waals surface area contributed by atoms with Gasteiger partial charge in [0.15, 0.2) is 0 Å². The van der Waals surface area contributed by atoms with Crippen molar-refractivity contribution in [2.24, 2.45) is 5.41 Å². The molecule has 0 bridgehead atoms. The van der Waals surface area contributed by atoms with Crippen LogP contribution in [0.5, 0.6) is 0 Å². The van der Waals surface area contributed by atoms with E-state index in [1.807, 2.05) is 6.20 Å². The van der Waals surface area contributed by atoms with E-state index < -0.39 is 0 Å². The molecule has 0 aliphatic heterocycles. The summed E-state index contributed by atoms with van der Waals surface area (Å²) >= 11 is 0. The molecule has 112 valence electrons. The molecule has 0 aliphatic carbocycles. The van der Waals surface area contributed by atoms with E-state index in [1.165, 1.54) is 5.56 Å². The predicted octanol–water partition coefficient (Wildman–Crippen LogP) is 3.92. The van der Waals surface area contributed by atoms with Crippen molar-refractivity contribution in [3.8, 4) is 0 Å². The lowest BCUT2D eigenvalue weighted by atomic mass is 9.64. The second-order valence-electron chi connectivity index (χ2n) is 6.79. The third kappa shape index (κ3) is 3.23. The van der Waals surface area contributed by atoms with Crippen molar-refractivity contribution in [2.75, 3.05) is 18.5 Å². The summed E-state index contributed by atoms with van der Waals surface area (Å²) in [5.41, 5.74) is 1.51. The zero-order valence-corrected chi connectivity index (χ0v) is 13.7. The Balaban J connectivity index is 2.21. The van der Waals surface area contributed by atoms with E-state index in [4.69, 9.17) is 0 Å². The molecule has 0 amide bonds. The van der Waals surface area contributed by atoms with Gasteiger partial charge in [0.1, 0.15) is 5.82 Å². The Hall–Kier alpha value is -1.90. The Kier molecular flexibility index (Phi) is 4.31. The van der Waals surface area contributed by atoms with Gasteiger partial charge in [0.25, 0.3) is 0 Å². The van der Waals surface area contributed by atoms with Crippen LogP contribution >= 0.6 is 0 Å². The van der Waals surface area contributed by atoms with Crippen LogP contribution in [-0.4, -0.2) is 23.6 Å². The summed E-state index contributed by atoms with van der Waals surface area (Å²) in [5, 5.41) is 0. The Bertz CT molecular complexity index is 562. The van der Waals surface area contributed by atoms with Crippen LogP contribution in [0.25, 0.3) is 0 Å². The van der Waals surface area contributed by atoms with E-state index >= 15 is 0 Å². The molecule has 0 atom stereocenters. The van der Waals surface area contributed by atoms with Crippen LogP contribution in [0.3, 0.4) is 0 Å². The van der Waals surface area contributed by atoms with Gasteiger partial charge in [-0.15, -0.1) is 0 Å². The fourth-order valence-electron chi connectivity index (χ4n) is 2.61. The van der Waals surface area contributed by atoms with E-state index in [9.17, 15) is 0 Å². The van der Waals surface area contributed by atoms with E-state index in [0.29, 0.717) is 0 Å². The first-order chi connectivity index (χ1) is 9.84. The van der Waals surface area contributed by atoms with Crippen LogP contribution in [0.15, 0.2) is 48.9 Å². The number of hydrogen-bond donors (Lipinski definition) is 0. The third-order valence-corrected chi connectivity index (χ3v) is 4.76. The van der Waals surface area contributed by atoms with E-state index in [1.54, 1.807) is 12.4 Å². The molecule has 1 heterocycles. The average Bonchev–Trinajstić information content (AvgIpc) is 2.48. The maximum absolute atomic E-state index is 4.38. The van der Waals surface area contributed by atoms with Gasteiger partial charge in [-0.2, -0.15) is 0 Å². The largest absolute Gasteiger partial charge is 0.358 e. The number of anilines is 1. The molecule has 2 rings (SSSR count). The number of aromatic nitrogens is 2. The Morgan fingerprint density at radius 1 is 1.00 bits per heavy atom. The zero-order valence-electron chi connectivity index (χ0n) is 13.7. The van der Waals surface area contributed by atoms with Crippen LogP contribution in [0, 0.1) is 5.41 Å². The molecule has 3 heteroatoms. The number of rotatable bonds is 5. The number of nitrogens with zero attached hydrogens (tertiary/aromatic N) is 3. The minimum atomic E-state index is 0.0602. The van der Waals surface area contributed by atoms with Gasteiger partial charge in [-0.05, 0) is 16.4 Å². The minimum Gasteiger partial charge on any atom is -0.358 e. The first kappa shape index (κ1) is 15.5. The highest BCUT2D eigenvalue weighted by molar-refractivity contribution is 5.35. The molecule has 2 aromatic rings. The summed E-state index contributed by atoms with van der Waals surface area (Å²) in [7, 11) is 2.08. The molecule has 1 aromatic heterocycles. The van der Waals surface area contributed by atoms with Crippen LogP contribution < -0.4 is 4.90 Å². The van der Waals surface area contributed by atoms with Gasteiger partial charge >= 0.3 is 0 Å². The summed E-state index contributed by atoms with van der Waals surface area (Å²) in [4.78, 5) is 10.7. The number of benzene rings is 1. The van der Waals surface area contributed by atoms with Gasteiger partial charge in [-0.3, -0.25) is 4.98 Å². The summed E-state index contributed by atoms with van der Waals surface area (Å²) in [6.07, 6.45) is 5.25. The van der Waals surface area contributed by atoms with Gasteiger partial charge in [0.05, 0.1) is 6.20 Å². The van der Waals surface area contributed by atoms with Gasteiger partial charge in [-0.1, -0.05) is 58.0 Å². The van der Waals surface area contributed by atoms with E-state index in [-0.39, 0.29) is 10.8 Å². The molecule has 3 nitrogen and oxygen atoms in total. The SMILES string of the molecule is CN(CC(C)(C)C(C)(C)c1ccccc1)c1cnccn1. The standard InChI is InChI=1S/C18H25N3/c1-17(2,14-21(5)16-13-19-11-12-20-16)18(3,4)15-9-7-6-8-10-15/h6-13H,14H2,1-5H3. The van der Waals surface area contributed by atoms with Gasteiger partial charge < -0.3 is 4.90 Å². The van der Waals surface area contributed by atoms with Crippen molar-refractivity contribution >= 4 is 5.82 Å². The fourth-order valence-corrected chi connectivity index (χ4v) is 2.61. The summed E-state index contributed by atoms with van der Waals surface area (Å²) < 4.78 is 0. The highest BCUT2D eigenvalue weighted by Gasteiger charge is 2.39. The van der Waals surface area contributed by atoms with E-state index in [2.05, 4.69) is 79.9 Å². The Morgan fingerprint density at radius 3 is 2.24 bits per heavy atom. The predicted molar refractivity (Wildman–Crippen MR) is 88.6 cm³/mol. The molecule has 0 radical (unpaired) electrons. The van der Waals surface area contributed by atoms with Crippen molar-refractivity contribution in [1.82, 2.24) is 9.97 Å². The maximum atomic E-state index is 4.38. The van der Waals surface area contributed by atoms with Gasteiger partial charge in [-0.25, -0.2) is 4.98 Å². The first-order valence-corrected chi connectivity index (χ1v) is 7.37.